The summed E-state index contributed by atoms with van der Waals surface area (Å²) in [6.07, 6.45) is 3.31. The summed E-state index contributed by atoms with van der Waals surface area (Å²) in [4.78, 5) is 42.3. The van der Waals surface area contributed by atoms with Crippen molar-refractivity contribution in [3.05, 3.63) is 54.4 Å². The molecular weight excluding hydrogens is 344 g/mol. The van der Waals surface area contributed by atoms with Crippen LogP contribution in [0.1, 0.15) is 30.6 Å². The van der Waals surface area contributed by atoms with Gasteiger partial charge in [-0.2, -0.15) is 0 Å². The molecule has 0 bridgehead atoms. The number of hydrogen-bond donors (Lipinski definition) is 2. The molecule has 0 saturated carbocycles. The number of carbonyl (C=O) groups excluding carboxylic acids is 3. The number of carbonyl (C=O) groups is 3. The van der Waals surface area contributed by atoms with Crippen molar-refractivity contribution in [2.45, 2.75) is 26.3 Å². The van der Waals surface area contributed by atoms with Crippen molar-refractivity contribution in [2.75, 3.05) is 17.2 Å². The number of benzene rings is 1. The monoisotopic (exact) mass is 366 g/mol. The van der Waals surface area contributed by atoms with Crippen LogP contribution in [-0.2, 0) is 9.59 Å². The van der Waals surface area contributed by atoms with Crippen LogP contribution in [0.5, 0.6) is 0 Å². The third-order valence-electron chi connectivity index (χ3n) is 4.46. The Kier molecular flexibility index (Phi) is 5.49. The van der Waals surface area contributed by atoms with Gasteiger partial charge in [-0.05, 0) is 44.2 Å². The fourth-order valence-electron chi connectivity index (χ4n) is 3.03. The lowest BCUT2D eigenvalue weighted by atomic mass is 10.1. The van der Waals surface area contributed by atoms with Crippen molar-refractivity contribution in [1.82, 2.24) is 9.88 Å². The molecule has 3 rings (SSSR count). The van der Waals surface area contributed by atoms with E-state index in [9.17, 15) is 14.4 Å². The lowest BCUT2D eigenvalue weighted by Gasteiger charge is -2.20. The summed E-state index contributed by atoms with van der Waals surface area (Å²) in [6, 6.07) is 10.4. The third kappa shape index (κ3) is 4.49. The molecule has 0 radical (unpaired) electrons. The van der Waals surface area contributed by atoms with E-state index in [1.54, 1.807) is 47.5 Å². The van der Waals surface area contributed by atoms with E-state index in [1.165, 1.54) is 6.20 Å². The summed E-state index contributed by atoms with van der Waals surface area (Å²) < 4.78 is 0. The number of rotatable bonds is 5. The highest BCUT2D eigenvalue weighted by atomic mass is 16.2. The predicted octanol–water partition coefficient (Wildman–Crippen LogP) is 2.53. The maximum Gasteiger partial charge on any atom is 0.257 e. The Labute approximate surface area is 157 Å². The molecule has 2 aromatic rings. The van der Waals surface area contributed by atoms with Gasteiger partial charge < -0.3 is 15.5 Å². The van der Waals surface area contributed by atoms with Gasteiger partial charge in [-0.1, -0.05) is 6.07 Å². The molecule has 1 saturated heterocycles. The quantitative estimate of drug-likeness (QED) is 0.851. The topological polar surface area (TPSA) is 91.4 Å². The van der Waals surface area contributed by atoms with Gasteiger partial charge in [0.25, 0.3) is 5.91 Å². The van der Waals surface area contributed by atoms with E-state index in [1.807, 2.05) is 13.8 Å². The summed E-state index contributed by atoms with van der Waals surface area (Å²) in [5, 5.41) is 5.61. The van der Waals surface area contributed by atoms with Crippen LogP contribution < -0.4 is 10.6 Å². The summed E-state index contributed by atoms with van der Waals surface area (Å²) >= 11 is 0. The van der Waals surface area contributed by atoms with E-state index in [0.717, 1.165) is 0 Å². The summed E-state index contributed by atoms with van der Waals surface area (Å²) in [7, 11) is 0. The van der Waals surface area contributed by atoms with Crippen LogP contribution in [0.25, 0.3) is 0 Å². The number of aromatic nitrogens is 1. The number of nitrogens with one attached hydrogen (secondary N) is 2. The second kappa shape index (κ2) is 7.99. The molecule has 3 amide bonds. The summed E-state index contributed by atoms with van der Waals surface area (Å²) in [5.41, 5.74) is 1.58. The molecule has 27 heavy (non-hydrogen) atoms. The van der Waals surface area contributed by atoms with Crippen LogP contribution >= 0.6 is 0 Å². The number of likely N-dealkylation sites (tertiary alicyclic amines) is 1. The van der Waals surface area contributed by atoms with Gasteiger partial charge in [0.2, 0.25) is 11.8 Å². The van der Waals surface area contributed by atoms with Gasteiger partial charge in [0.05, 0.1) is 11.5 Å². The molecule has 7 nitrogen and oxygen atoms in total. The molecule has 1 aliphatic heterocycles. The highest BCUT2D eigenvalue weighted by Crippen LogP contribution is 2.23. The van der Waals surface area contributed by atoms with Crippen molar-refractivity contribution in [3.8, 4) is 0 Å². The minimum Gasteiger partial charge on any atom is -0.339 e. The second-order valence-corrected chi connectivity index (χ2v) is 6.81. The molecule has 1 aromatic carbocycles. The molecular formula is C20H22N4O3. The standard InChI is InChI=1S/C20H22N4O3/c1-13(2)24-12-15(9-18(24)25)20(27)23-17-7-3-6-16(10-17)22-19(26)14-5-4-8-21-11-14/h3-8,10-11,13,15H,9,12H2,1-2H3,(H,22,26)(H,23,27). The van der Waals surface area contributed by atoms with Gasteiger partial charge in [-0.15, -0.1) is 0 Å². The lowest BCUT2D eigenvalue weighted by Crippen LogP contribution is -2.33. The Balaban J connectivity index is 1.63. The maximum absolute atomic E-state index is 12.5. The summed E-state index contributed by atoms with van der Waals surface area (Å²) in [5.74, 6) is -0.834. The SMILES string of the molecule is CC(C)N1CC(C(=O)Nc2cccc(NC(=O)c3cccnc3)c2)CC1=O. The maximum atomic E-state index is 12.5. The first-order valence-corrected chi connectivity index (χ1v) is 8.86. The Hall–Kier alpha value is -3.22. The molecule has 1 fully saturated rings. The molecule has 1 aromatic heterocycles. The predicted molar refractivity (Wildman–Crippen MR) is 102 cm³/mol. The number of anilines is 2. The van der Waals surface area contributed by atoms with Crippen LogP contribution in [0.4, 0.5) is 11.4 Å². The zero-order chi connectivity index (χ0) is 19.4. The first kappa shape index (κ1) is 18.6. The summed E-state index contributed by atoms with van der Waals surface area (Å²) in [6.45, 7) is 4.30. The van der Waals surface area contributed by atoms with Crippen molar-refractivity contribution in [3.63, 3.8) is 0 Å². The zero-order valence-corrected chi connectivity index (χ0v) is 15.3. The van der Waals surface area contributed by atoms with Crippen molar-refractivity contribution >= 4 is 29.1 Å². The average Bonchev–Trinajstić information content (AvgIpc) is 3.05. The first-order chi connectivity index (χ1) is 12.9. The normalized spacial score (nSPS) is 16.5. The molecule has 0 spiro atoms. The molecule has 140 valence electrons. The van der Waals surface area contributed by atoms with E-state index >= 15 is 0 Å². The third-order valence-corrected chi connectivity index (χ3v) is 4.46. The van der Waals surface area contributed by atoms with Crippen LogP contribution in [0.15, 0.2) is 48.8 Å². The first-order valence-electron chi connectivity index (χ1n) is 8.86. The van der Waals surface area contributed by atoms with Crippen molar-refractivity contribution in [1.29, 1.82) is 0 Å². The van der Waals surface area contributed by atoms with Gasteiger partial charge in [0, 0.05) is 42.8 Å². The number of amides is 3. The van der Waals surface area contributed by atoms with E-state index in [-0.39, 0.29) is 36.1 Å². The molecule has 1 unspecified atom stereocenters. The molecule has 1 atom stereocenters. The van der Waals surface area contributed by atoms with E-state index in [2.05, 4.69) is 15.6 Å². The fourth-order valence-corrected chi connectivity index (χ4v) is 3.03. The Morgan fingerprint density at radius 3 is 2.52 bits per heavy atom. The van der Waals surface area contributed by atoms with Gasteiger partial charge in [0.1, 0.15) is 0 Å². The van der Waals surface area contributed by atoms with Gasteiger partial charge in [0.15, 0.2) is 0 Å². The molecule has 2 heterocycles. The number of nitrogens with zero attached hydrogens (tertiary/aromatic N) is 2. The van der Waals surface area contributed by atoms with Crippen molar-refractivity contribution in [2.24, 2.45) is 5.92 Å². The highest BCUT2D eigenvalue weighted by Gasteiger charge is 2.35. The number of hydrogen-bond acceptors (Lipinski definition) is 4. The van der Waals surface area contributed by atoms with Gasteiger partial charge in [-0.3, -0.25) is 19.4 Å². The van der Waals surface area contributed by atoms with Crippen LogP contribution in [0.3, 0.4) is 0 Å². The van der Waals surface area contributed by atoms with Crippen LogP contribution in [-0.4, -0.2) is 40.2 Å². The molecule has 0 aliphatic carbocycles. The van der Waals surface area contributed by atoms with E-state index in [0.29, 0.717) is 23.5 Å². The minimum atomic E-state index is -0.367. The van der Waals surface area contributed by atoms with Gasteiger partial charge >= 0.3 is 0 Å². The Morgan fingerprint density at radius 2 is 1.89 bits per heavy atom. The Bertz CT molecular complexity index is 851. The number of pyridine rings is 1. The molecule has 2 N–H and O–H groups in total. The van der Waals surface area contributed by atoms with Crippen LogP contribution in [0.2, 0.25) is 0 Å². The zero-order valence-electron chi connectivity index (χ0n) is 15.3. The average molecular weight is 366 g/mol. The molecule has 7 heteroatoms. The molecule has 1 aliphatic rings. The van der Waals surface area contributed by atoms with E-state index in [4.69, 9.17) is 0 Å². The van der Waals surface area contributed by atoms with Crippen molar-refractivity contribution < 1.29 is 14.4 Å². The smallest absolute Gasteiger partial charge is 0.257 e. The van der Waals surface area contributed by atoms with E-state index < -0.39 is 0 Å². The Morgan fingerprint density at radius 1 is 1.15 bits per heavy atom. The van der Waals surface area contributed by atoms with Crippen LogP contribution in [0, 0.1) is 5.92 Å². The van der Waals surface area contributed by atoms with Gasteiger partial charge in [-0.25, -0.2) is 0 Å². The second-order valence-electron chi connectivity index (χ2n) is 6.81. The fraction of sp³-hybridized carbons (Fsp3) is 0.300. The minimum absolute atomic E-state index is 0.00244. The largest absolute Gasteiger partial charge is 0.339 e. The highest BCUT2D eigenvalue weighted by molar-refractivity contribution is 6.04. The lowest BCUT2D eigenvalue weighted by molar-refractivity contribution is -0.129.